The van der Waals surface area contributed by atoms with Crippen molar-refractivity contribution in [2.24, 2.45) is 0 Å². The van der Waals surface area contributed by atoms with Crippen LogP contribution in [0, 0.1) is 0 Å². The van der Waals surface area contributed by atoms with Gasteiger partial charge in [-0.05, 0) is 35.9 Å². The molecule has 4 heteroatoms. The van der Waals surface area contributed by atoms with Crippen molar-refractivity contribution in [3.63, 3.8) is 0 Å². The Morgan fingerprint density at radius 1 is 1.10 bits per heavy atom. The van der Waals surface area contributed by atoms with E-state index in [0.29, 0.717) is 5.69 Å². The monoisotopic (exact) mass is 268 g/mol. The van der Waals surface area contributed by atoms with E-state index < -0.39 is 5.97 Å². The van der Waals surface area contributed by atoms with Crippen LogP contribution < -0.4 is 4.90 Å². The van der Waals surface area contributed by atoms with Crippen LogP contribution in [0.3, 0.4) is 0 Å². The van der Waals surface area contributed by atoms with E-state index in [-0.39, 0.29) is 5.69 Å². The van der Waals surface area contributed by atoms with Crippen LogP contribution in [0.2, 0.25) is 0 Å². The number of aromatic carboxylic acids is 1. The predicted octanol–water partition coefficient (Wildman–Crippen LogP) is 3.02. The predicted molar refractivity (Wildman–Crippen MR) is 80.9 cm³/mol. The number of nitrogens with zero attached hydrogens (tertiary/aromatic N) is 2. The van der Waals surface area contributed by atoms with E-state index >= 15 is 0 Å². The first-order valence-corrected chi connectivity index (χ1v) is 6.22. The number of hydrogen-bond acceptors (Lipinski definition) is 3. The molecule has 0 saturated carbocycles. The average molecular weight is 268 g/mol. The fourth-order valence-corrected chi connectivity index (χ4v) is 1.73. The fraction of sp³-hybridized carbons (Fsp3) is 0.125. The first-order valence-electron chi connectivity index (χ1n) is 6.22. The number of pyridine rings is 1. The Bertz CT molecular complexity index is 631. The molecule has 0 bridgehead atoms. The summed E-state index contributed by atoms with van der Waals surface area (Å²) in [5, 5.41) is 8.89. The lowest BCUT2D eigenvalue weighted by atomic mass is 10.1. The normalized spacial score (nSPS) is 10.7. The van der Waals surface area contributed by atoms with E-state index in [1.807, 2.05) is 49.3 Å². The lowest BCUT2D eigenvalue weighted by Crippen LogP contribution is -2.07. The van der Waals surface area contributed by atoms with Gasteiger partial charge in [-0.2, -0.15) is 0 Å². The minimum atomic E-state index is -1.02. The Kier molecular flexibility index (Phi) is 4.15. The molecule has 0 unspecified atom stereocenters. The Hall–Kier alpha value is -2.62. The van der Waals surface area contributed by atoms with Gasteiger partial charge in [-0.25, -0.2) is 9.78 Å². The molecule has 2 aromatic rings. The smallest absolute Gasteiger partial charge is 0.354 e. The molecule has 0 fully saturated rings. The average Bonchev–Trinajstić information content (AvgIpc) is 2.46. The summed E-state index contributed by atoms with van der Waals surface area (Å²) < 4.78 is 0. The van der Waals surface area contributed by atoms with Crippen LogP contribution in [0.1, 0.15) is 21.7 Å². The van der Waals surface area contributed by atoms with Crippen LogP contribution in [0.5, 0.6) is 0 Å². The highest BCUT2D eigenvalue weighted by Gasteiger charge is 2.03. The Labute approximate surface area is 118 Å². The number of benzene rings is 1. The van der Waals surface area contributed by atoms with Gasteiger partial charge in [0.05, 0.1) is 5.69 Å². The molecule has 4 nitrogen and oxygen atoms in total. The molecular weight excluding hydrogens is 252 g/mol. The molecule has 0 spiro atoms. The van der Waals surface area contributed by atoms with Gasteiger partial charge in [0.25, 0.3) is 0 Å². The van der Waals surface area contributed by atoms with Crippen LogP contribution in [-0.2, 0) is 0 Å². The summed E-state index contributed by atoms with van der Waals surface area (Å²) in [6.45, 7) is 0. The molecule has 1 aromatic carbocycles. The van der Waals surface area contributed by atoms with Crippen molar-refractivity contribution >= 4 is 23.8 Å². The topological polar surface area (TPSA) is 53.4 Å². The third kappa shape index (κ3) is 3.45. The van der Waals surface area contributed by atoms with Gasteiger partial charge in [0, 0.05) is 19.8 Å². The zero-order valence-corrected chi connectivity index (χ0v) is 11.4. The Morgan fingerprint density at radius 3 is 2.40 bits per heavy atom. The quantitative estimate of drug-likeness (QED) is 0.926. The van der Waals surface area contributed by atoms with Crippen LogP contribution in [-0.4, -0.2) is 30.2 Å². The maximum Gasteiger partial charge on any atom is 0.354 e. The molecule has 0 radical (unpaired) electrons. The van der Waals surface area contributed by atoms with Crippen molar-refractivity contribution in [2.45, 2.75) is 0 Å². The molecule has 20 heavy (non-hydrogen) atoms. The number of carboxylic acids is 1. The number of anilines is 1. The van der Waals surface area contributed by atoms with E-state index in [1.54, 1.807) is 18.2 Å². The number of carboxylic acid groups (broad SMARTS) is 1. The second-order valence-corrected chi connectivity index (χ2v) is 4.57. The maximum absolute atomic E-state index is 10.8. The first-order chi connectivity index (χ1) is 9.56. The zero-order chi connectivity index (χ0) is 14.5. The molecule has 0 saturated heterocycles. The molecule has 0 aliphatic heterocycles. The maximum atomic E-state index is 10.8. The molecule has 102 valence electrons. The molecular formula is C16H16N2O2. The van der Waals surface area contributed by atoms with Crippen LogP contribution in [0.25, 0.3) is 12.2 Å². The fourth-order valence-electron chi connectivity index (χ4n) is 1.73. The SMILES string of the molecule is CN(C)c1ccc(C=Cc2cccc(C(=O)O)n2)cc1. The highest BCUT2D eigenvalue weighted by atomic mass is 16.4. The summed E-state index contributed by atoms with van der Waals surface area (Å²) in [5.74, 6) is -1.02. The minimum Gasteiger partial charge on any atom is -0.477 e. The van der Waals surface area contributed by atoms with Crippen LogP contribution >= 0.6 is 0 Å². The molecule has 0 amide bonds. The van der Waals surface area contributed by atoms with Crippen molar-refractivity contribution in [1.82, 2.24) is 4.98 Å². The van der Waals surface area contributed by atoms with Crippen molar-refractivity contribution in [1.29, 1.82) is 0 Å². The Balaban J connectivity index is 2.16. The molecule has 0 aliphatic carbocycles. The molecule has 1 aromatic heterocycles. The number of carbonyl (C=O) groups is 1. The first kappa shape index (κ1) is 13.8. The summed E-state index contributed by atoms with van der Waals surface area (Å²) in [4.78, 5) is 16.9. The number of hydrogen-bond donors (Lipinski definition) is 1. The third-order valence-electron chi connectivity index (χ3n) is 2.85. The van der Waals surface area contributed by atoms with Gasteiger partial charge in [0.2, 0.25) is 0 Å². The van der Waals surface area contributed by atoms with E-state index in [2.05, 4.69) is 4.98 Å². The molecule has 0 aliphatic rings. The third-order valence-corrected chi connectivity index (χ3v) is 2.85. The lowest BCUT2D eigenvalue weighted by molar-refractivity contribution is 0.0690. The second-order valence-electron chi connectivity index (χ2n) is 4.57. The van der Waals surface area contributed by atoms with Gasteiger partial charge >= 0.3 is 5.97 Å². The van der Waals surface area contributed by atoms with Gasteiger partial charge in [-0.3, -0.25) is 0 Å². The number of aromatic nitrogens is 1. The van der Waals surface area contributed by atoms with Gasteiger partial charge in [0.1, 0.15) is 5.69 Å². The largest absolute Gasteiger partial charge is 0.477 e. The highest BCUT2D eigenvalue weighted by molar-refractivity contribution is 5.85. The molecule has 1 heterocycles. The minimum absolute atomic E-state index is 0.0510. The summed E-state index contributed by atoms with van der Waals surface area (Å²) in [6, 6.07) is 13.0. The summed E-state index contributed by atoms with van der Waals surface area (Å²) in [5.41, 5.74) is 2.85. The van der Waals surface area contributed by atoms with Crippen molar-refractivity contribution in [2.75, 3.05) is 19.0 Å². The van der Waals surface area contributed by atoms with Crippen molar-refractivity contribution in [3.05, 3.63) is 59.4 Å². The molecule has 1 N–H and O–H groups in total. The standard InChI is InChI=1S/C16H16N2O2/c1-18(2)14-10-7-12(8-11-14)6-9-13-4-3-5-15(17-13)16(19)20/h3-11H,1-2H3,(H,19,20). The second kappa shape index (κ2) is 6.02. The number of rotatable bonds is 4. The molecule has 0 atom stereocenters. The van der Waals surface area contributed by atoms with Gasteiger partial charge in [-0.1, -0.05) is 24.3 Å². The Morgan fingerprint density at radius 2 is 1.80 bits per heavy atom. The van der Waals surface area contributed by atoms with Crippen molar-refractivity contribution in [3.8, 4) is 0 Å². The van der Waals surface area contributed by atoms with E-state index in [0.717, 1.165) is 11.3 Å². The van der Waals surface area contributed by atoms with Gasteiger partial charge in [0.15, 0.2) is 0 Å². The molecule has 2 rings (SSSR count). The summed E-state index contributed by atoms with van der Waals surface area (Å²) in [6.07, 6.45) is 3.71. The van der Waals surface area contributed by atoms with E-state index in [9.17, 15) is 4.79 Å². The summed E-state index contributed by atoms with van der Waals surface area (Å²) >= 11 is 0. The van der Waals surface area contributed by atoms with Gasteiger partial charge < -0.3 is 10.0 Å². The summed E-state index contributed by atoms with van der Waals surface area (Å²) in [7, 11) is 3.98. The highest BCUT2D eigenvalue weighted by Crippen LogP contribution is 2.14. The van der Waals surface area contributed by atoms with Crippen molar-refractivity contribution < 1.29 is 9.90 Å². The van der Waals surface area contributed by atoms with E-state index in [4.69, 9.17) is 5.11 Å². The lowest BCUT2D eigenvalue weighted by Gasteiger charge is -2.11. The van der Waals surface area contributed by atoms with E-state index in [1.165, 1.54) is 6.07 Å². The van der Waals surface area contributed by atoms with Crippen LogP contribution in [0.4, 0.5) is 5.69 Å². The van der Waals surface area contributed by atoms with Crippen LogP contribution in [0.15, 0.2) is 42.5 Å². The zero-order valence-electron chi connectivity index (χ0n) is 11.4. The van der Waals surface area contributed by atoms with Gasteiger partial charge in [-0.15, -0.1) is 0 Å².